The molecule has 0 bridgehead atoms. The minimum atomic E-state index is 0.891. The van der Waals surface area contributed by atoms with Crippen molar-refractivity contribution in [1.82, 2.24) is 15.2 Å². The lowest BCUT2D eigenvalue weighted by atomic mass is 10.3. The van der Waals surface area contributed by atoms with Gasteiger partial charge in [-0.2, -0.15) is 0 Å². The maximum Gasteiger partial charge on any atom is 0.185 e. The molecule has 1 saturated heterocycles. The van der Waals surface area contributed by atoms with Gasteiger partial charge in [-0.1, -0.05) is 0 Å². The van der Waals surface area contributed by atoms with Crippen molar-refractivity contribution in [3.63, 3.8) is 0 Å². The molecule has 2 rings (SSSR count). The van der Waals surface area contributed by atoms with Gasteiger partial charge in [0.1, 0.15) is 0 Å². The average molecular weight is 312 g/mol. The van der Waals surface area contributed by atoms with E-state index in [0.717, 1.165) is 57.6 Å². The van der Waals surface area contributed by atoms with Gasteiger partial charge in [-0.3, -0.25) is 4.90 Å². The summed E-state index contributed by atoms with van der Waals surface area (Å²) in [5, 5.41) is 4.67. The fourth-order valence-corrected chi connectivity index (χ4v) is 3.49. The summed E-state index contributed by atoms with van der Waals surface area (Å²) in [6.07, 6.45) is 3.20. The van der Waals surface area contributed by atoms with Crippen LogP contribution in [0.4, 0.5) is 5.13 Å². The summed E-state index contributed by atoms with van der Waals surface area (Å²) in [4.78, 5) is 10.6. The van der Waals surface area contributed by atoms with E-state index < -0.39 is 0 Å². The van der Waals surface area contributed by atoms with Crippen LogP contribution in [0, 0.1) is 0 Å². The van der Waals surface area contributed by atoms with E-state index >= 15 is 0 Å². The molecule has 1 fully saturated rings. The smallest absolute Gasteiger partial charge is 0.185 e. The van der Waals surface area contributed by atoms with Gasteiger partial charge in [0.05, 0.1) is 13.2 Å². The Labute approximate surface area is 132 Å². The normalized spacial score (nSPS) is 16.3. The van der Waals surface area contributed by atoms with Gasteiger partial charge in [0.25, 0.3) is 0 Å². The van der Waals surface area contributed by atoms with Crippen molar-refractivity contribution in [2.45, 2.75) is 26.8 Å². The number of morpholine rings is 1. The van der Waals surface area contributed by atoms with Gasteiger partial charge in [-0.25, -0.2) is 4.98 Å². The minimum absolute atomic E-state index is 0.891. The van der Waals surface area contributed by atoms with E-state index in [1.807, 2.05) is 6.20 Å². The third-order valence-electron chi connectivity index (χ3n) is 3.81. The highest BCUT2D eigenvalue weighted by atomic mass is 32.1. The topological polar surface area (TPSA) is 40.6 Å². The van der Waals surface area contributed by atoms with Gasteiger partial charge in [0.2, 0.25) is 0 Å². The summed E-state index contributed by atoms with van der Waals surface area (Å²) in [5.74, 6) is 0. The molecule has 1 aliphatic heterocycles. The van der Waals surface area contributed by atoms with Crippen molar-refractivity contribution in [2.24, 2.45) is 0 Å². The van der Waals surface area contributed by atoms with E-state index in [-0.39, 0.29) is 0 Å². The molecule has 0 aliphatic carbocycles. The number of anilines is 1. The first-order chi connectivity index (χ1) is 10.3. The number of ether oxygens (including phenoxy) is 1. The van der Waals surface area contributed by atoms with Gasteiger partial charge in [-0.15, -0.1) is 11.3 Å². The van der Waals surface area contributed by atoms with Crippen molar-refractivity contribution in [2.75, 3.05) is 57.4 Å². The van der Waals surface area contributed by atoms with Crippen LogP contribution in [0.15, 0.2) is 6.20 Å². The number of rotatable bonds is 9. The third-order valence-corrected chi connectivity index (χ3v) is 4.86. The molecule has 0 unspecified atom stereocenters. The maximum atomic E-state index is 5.36. The van der Waals surface area contributed by atoms with Crippen LogP contribution in [0.3, 0.4) is 0 Å². The number of nitrogens with zero attached hydrogens (tertiary/aromatic N) is 3. The monoisotopic (exact) mass is 312 g/mol. The fraction of sp³-hybridized carbons (Fsp3) is 0.800. The highest BCUT2D eigenvalue weighted by molar-refractivity contribution is 7.15. The molecule has 0 spiro atoms. The van der Waals surface area contributed by atoms with Crippen molar-refractivity contribution >= 4 is 16.5 Å². The van der Waals surface area contributed by atoms with Crippen molar-refractivity contribution in [1.29, 1.82) is 0 Å². The zero-order chi connectivity index (χ0) is 14.9. The Morgan fingerprint density at radius 3 is 2.81 bits per heavy atom. The zero-order valence-corrected chi connectivity index (χ0v) is 14.1. The largest absolute Gasteiger partial charge is 0.379 e. The van der Waals surface area contributed by atoms with Gasteiger partial charge in [0, 0.05) is 43.8 Å². The molecule has 0 radical (unpaired) electrons. The SMILES string of the molecule is CCN(CC)c1ncc(CNCCCN2CCOCC2)s1. The molecule has 1 aromatic heterocycles. The molecule has 0 aromatic carbocycles. The lowest BCUT2D eigenvalue weighted by Gasteiger charge is -2.26. The van der Waals surface area contributed by atoms with Crippen LogP contribution in [0.1, 0.15) is 25.1 Å². The molecule has 120 valence electrons. The lowest BCUT2D eigenvalue weighted by Crippen LogP contribution is -2.37. The van der Waals surface area contributed by atoms with E-state index in [9.17, 15) is 0 Å². The summed E-state index contributed by atoms with van der Waals surface area (Å²) in [5.41, 5.74) is 0. The Balaban J connectivity index is 1.60. The van der Waals surface area contributed by atoms with Crippen LogP contribution in [-0.2, 0) is 11.3 Å². The highest BCUT2D eigenvalue weighted by Gasteiger charge is 2.09. The second-order valence-corrected chi connectivity index (χ2v) is 6.36. The summed E-state index contributed by atoms with van der Waals surface area (Å²) in [7, 11) is 0. The second-order valence-electron chi connectivity index (χ2n) is 5.27. The first-order valence-electron chi connectivity index (χ1n) is 8.04. The van der Waals surface area contributed by atoms with Crippen molar-refractivity contribution in [3.05, 3.63) is 11.1 Å². The predicted molar refractivity (Wildman–Crippen MR) is 89.3 cm³/mol. The fourth-order valence-electron chi connectivity index (χ4n) is 2.48. The predicted octanol–water partition coefficient (Wildman–Crippen LogP) is 1.80. The first kappa shape index (κ1) is 16.7. The Morgan fingerprint density at radius 2 is 2.10 bits per heavy atom. The van der Waals surface area contributed by atoms with Crippen LogP contribution in [0.25, 0.3) is 0 Å². The van der Waals surface area contributed by atoms with Crippen LogP contribution in [0.5, 0.6) is 0 Å². The Bertz CT molecular complexity index is 389. The molecule has 1 N–H and O–H groups in total. The molecule has 0 saturated carbocycles. The minimum Gasteiger partial charge on any atom is -0.379 e. The third kappa shape index (κ3) is 5.54. The van der Waals surface area contributed by atoms with E-state index in [2.05, 4.69) is 33.9 Å². The molecule has 5 nitrogen and oxygen atoms in total. The van der Waals surface area contributed by atoms with Crippen LogP contribution >= 0.6 is 11.3 Å². The highest BCUT2D eigenvalue weighted by Crippen LogP contribution is 2.21. The number of hydrogen-bond acceptors (Lipinski definition) is 6. The Kier molecular flexibility index (Phi) is 7.43. The van der Waals surface area contributed by atoms with Gasteiger partial charge in [-0.05, 0) is 33.4 Å². The zero-order valence-electron chi connectivity index (χ0n) is 13.3. The van der Waals surface area contributed by atoms with E-state index in [4.69, 9.17) is 4.74 Å². The molecule has 21 heavy (non-hydrogen) atoms. The van der Waals surface area contributed by atoms with E-state index in [1.54, 1.807) is 11.3 Å². The maximum absolute atomic E-state index is 5.36. The molecule has 6 heteroatoms. The molecule has 1 aliphatic rings. The standard InChI is InChI=1S/C15H28N4OS/c1-3-19(4-2)15-17-13-14(21-15)12-16-6-5-7-18-8-10-20-11-9-18/h13,16H,3-12H2,1-2H3. The van der Waals surface area contributed by atoms with Gasteiger partial charge < -0.3 is 15.0 Å². The summed E-state index contributed by atoms with van der Waals surface area (Å²) < 4.78 is 5.36. The van der Waals surface area contributed by atoms with Crippen molar-refractivity contribution < 1.29 is 4.74 Å². The average Bonchev–Trinajstić information content (AvgIpc) is 2.98. The van der Waals surface area contributed by atoms with Crippen LogP contribution in [-0.4, -0.2) is 62.4 Å². The molecule has 0 atom stereocenters. The van der Waals surface area contributed by atoms with Crippen molar-refractivity contribution in [3.8, 4) is 0 Å². The number of hydrogen-bond donors (Lipinski definition) is 1. The van der Waals surface area contributed by atoms with Crippen LogP contribution in [0.2, 0.25) is 0 Å². The molecular formula is C15H28N4OS. The summed E-state index contributed by atoms with van der Waals surface area (Å²) in [6.45, 7) is 13.5. The van der Waals surface area contributed by atoms with Crippen LogP contribution < -0.4 is 10.2 Å². The molecule has 2 heterocycles. The molecule has 1 aromatic rings. The second kappa shape index (κ2) is 9.35. The first-order valence-corrected chi connectivity index (χ1v) is 8.85. The van der Waals surface area contributed by atoms with Gasteiger partial charge >= 0.3 is 0 Å². The summed E-state index contributed by atoms with van der Waals surface area (Å²) in [6, 6.07) is 0. The molecular weight excluding hydrogens is 284 g/mol. The number of aromatic nitrogens is 1. The Hall–Kier alpha value is -0.690. The number of nitrogens with one attached hydrogen (secondary N) is 1. The lowest BCUT2D eigenvalue weighted by molar-refractivity contribution is 0.0374. The summed E-state index contributed by atoms with van der Waals surface area (Å²) >= 11 is 1.80. The van der Waals surface area contributed by atoms with E-state index in [0.29, 0.717) is 0 Å². The molecule has 0 amide bonds. The number of thiazole rings is 1. The Morgan fingerprint density at radius 1 is 1.33 bits per heavy atom. The van der Waals surface area contributed by atoms with E-state index in [1.165, 1.54) is 17.8 Å². The quantitative estimate of drug-likeness (QED) is 0.704. The van der Waals surface area contributed by atoms with Gasteiger partial charge in [0.15, 0.2) is 5.13 Å².